The van der Waals surface area contributed by atoms with E-state index in [4.69, 9.17) is 0 Å². The number of hydrogen-bond acceptors (Lipinski definition) is 4. The van der Waals surface area contributed by atoms with Crippen LogP contribution in [0.4, 0.5) is 0 Å². The quantitative estimate of drug-likeness (QED) is 0.664. The molecule has 0 aromatic rings. The Hall–Kier alpha value is -0.480. The standard InChI is InChI=1S/C10H19NO3/c1-7(2)10(13)5-4-9(3,12)8(6-10)11-14/h7-8,12-13H,4-6H2,1-3H3. The Labute approximate surface area is 84.3 Å². The molecule has 0 spiro atoms. The molecule has 1 aliphatic rings. The predicted molar refractivity (Wildman–Crippen MR) is 53.8 cm³/mol. The van der Waals surface area contributed by atoms with Gasteiger partial charge in [-0.3, -0.25) is 0 Å². The number of hydrogen-bond donors (Lipinski definition) is 2. The van der Waals surface area contributed by atoms with Gasteiger partial charge >= 0.3 is 0 Å². The molecule has 82 valence electrons. The van der Waals surface area contributed by atoms with Crippen molar-refractivity contribution in [3.8, 4) is 0 Å². The number of rotatable bonds is 2. The molecule has 4 nitrogen and oxygen atoms in total. The number of nitroso groups, excluding NO2 is 1. The molecule has 1 saturated carbocycles. The molecule has 3 atom stereocenters. The van der Waals surface area contributed by atoms with Crippen LogP contribution in [0.1, 0.15) is 40.0 Å². The van der Waals surface area contributed by atoms with E-state index < -0.39 is 17.2 Å². The largest absolute Gasteiger partial charge is 0.390 e. The van der Waals surface area contributed by atoms with Crippen LogP contribution in [0.2, 0.25) is 0 Å². The molecule has 0 aromatic carbocycles. The van der Waals surface area contributed by atoms with Crippen LogP contribution in [0.25, 0.3) is 0 Å². The van der Waals surface area contributed by atoms with Crippen LogP contribution < -0.4 is 0 Å². The minimum absolute atomic E-state index is 0.0860. The third kappa shape index (κ3) is 1.96. The zero-order valence-electron chi connectivity index (χ0n) is 9.03. The highest BCUT2D eigenvalue weighted by Gasteiger charge is 2.47. The molecule has 2 N–H and O–H groups in total. The van der Waals surface area contributed by atoms with E-state index in [0.29, 0.717) is 12.8 Å². The van der Waals surface area contributed by atoms with Gasteiger partial charge < -0.3 is 10.2 Å². The van der Waals surface area contributed by atoms with Crippen molar-refractivity contribution in [1.82, 2.24) is 0 Å². The summed E-state index contributed by atoms with van der Waals surface area (Å²) in [5, 5.41) is 22.9. The smallest absolute Gasteiger partial charge is 0.123 e. The summed E-state index contributed by atoms with van der Waals surface area (Å²) in [5.74, 6) is 0.0860. The molecule has 0 aromatic heterocycles. The van der Waals surface area contributed by atoms with Gasteiger partial charge in [-0.25, -0.2) is 0 Å². The molecular weight excluding hydrogens is 182 g/mol. The van der Waals surface area contributed by atoms with Crippen LogP contribution in [-0.4, -0.2) is 27.5 Å². The Morgan fingerprint density at radius 2 is 1.93 bits per heavy atom. The van der Waals surface area contributed by atoms with E-state index in [9.17, 15) is 15.1 Å². The maximum atomic E-state index is 10.6. The van der Waals surface area contributed by atoms with Gasteiger partial charge in [-0.15, -0.1) is 0 Å². The number of nitrogens with zero attached hydrogens (tertiary/aromatic N) is 1. The third-order valence-corrected chi connectivity index (χ3v) is 3.53. The van der Waals surface area contributed by atoms with Crippen molar-refractivity contribution in [2.75, 3.05) is 0 Å². The lowest BCUT2D eigenvalue weighted by Gasteiger charge is -2.44. The van der Waals surface area contributed by atoms with Crippen molar-refractivity contribution in [3.63, 3.8) is 0 Å². The van der Waals surface area contributed by atoms with Crippen molar-refractivity contribution < 1.29 is 10.2 Å². The fraction of sp³-hybridized carbons (Fsp3) is 1.00. The van der Waals surface area contributed by atoms with Crippen molar-refractivity contribution in [1.29, 1.82) is 0 Å². The molecule has 3 unspecified atom stereocenters. The van der Waals surface area contributed by atoms with E-state index in [0.717, 1.165) is 0 Å². The van der Waals surface area contributed by atoms with Crippen LogP contribution in [0.5, 0.6) is 0 Å². The third-order valence-electron chi connectivity index (χ3n) is 3.53. The van der Waals surface area contributed by atoms with Crippen LogP contribution in [-0.2, 0) is 0 Å². The first-order valence-corrected chi connectivity index (χ1v) is 5.09. The maximum absolute atomic E-state index is 10.6. The summed E-state index contributed by atoms with van der Waals surface area (Å²) in [6.07, 6.45) is 1.23. The molecular formula is C10H19NO3. The average Bonchev–Trinajstić information content (AvgIpc) is 2.09. The zero-order valence-corrected chi connectivity index (χ0v) is 9.03. The van der Waals surface area contributed by atoms with Gasteiger partial charge in [0.15, 0.2) is 0 Å². The van der Waals surface area contributed by atoms with Gasteiger partial charge in [0.1, 0.15) is 6.04 Å². The fourth-order valence-corrected chi connectivity index (χ4v) is 1.97. The predicted octanol–water partition coefficient (Wildman–Crippen LogP) is 1.44. The lowest BCUT2D eigenvalue weighted by atomic mass is 9.69. The molecule has 14 heavy (non-hydrogen) atoms. The van der Waals surface area contributed by atoms with Gasteiger partial charge in [0, 0.05) is 6.42 Å². The molecule has 0 amide bonds. The lowest BCUT2D eigenvalue weighted by molar-refractivity contribution is -0.106. The summed E-state index contributed by atoms with van der Waals surface area (Å²) in [5.41, 5.74) is -1.90. The highest BCUT2D eigenvalue weighted by atomic mass is 16.3. The van der Waals surface area contributed by atoms with E-state index in [1.54, 1.807) is 6.92 Å². The second-order valence-electron chi connectivity index (χ2n) is 4.94. The van der Waals surface area contributed by atoms with E-state index in [1.807, 2.05) is 13.8 Å². The Morgan fingerprint density at radius 3 is 2.36 bits per heavy atom. The summed E-state index contributed by atoms with van der Waals surface area (Å²) in [6.45, 7) is 5.45. The van der Waals surface area contributed by atoms with E-state index >= 15 is 0 Å². The SMILES string of the molecule is CC(C)C1(O)CCC(C)(O)C(N=O)C1. The normalized spacial score (nSPS) is 44.0. The molecule has 1 aliphatic carbocycles. The van der Waals surface area contributed by atoms with Gasteiger partial charge in [-0.2, -0.15) is 4.91 Å². The highest BCUT2D eigenvalue weighted by Crippen LogP contribution is 2.40. The summed E-state index contributed by atoms with van der Waals surface area (Å²) >= 11 is 0. The molecule has 0 bridgehead atoms. The molecule has 1 rings (SSSR count). The van der Waals surface area contributed by atoms with E-state index in [-0.39, 0.29) is 12.3 Å². The van der Waals surface area contributed by atoms with Crippen LogP contribution >= 0.6 is 0 Å². The Kier molecular flexibility index (Phi) is 2.97. The maximum Gasteiger partial charge on any atom is 0.123 e. The van der Waals surface area contributed by atoms with Crippen molar-refractivity contribution in [2.24, 2.45) is 11.1 Å². The van der Waals surface area contributed by atoms with Gasteiger partial charge in [0.2, 0.25) is 0 Å². The van der Waals surface area contributed by atoms with Crippen LogP contribution in [0, 0.1) is 10.8 Å². The van der Waals surface area contributed by atoms with E-state index in [2.05, 4.69) is 5.18 Å². The van der Waals surface area contributed by atoms with Crippen molar-refractivity contribution >= 4 is 0 Å². The van der Waals surface area contributed by atoms with Crippen molar-refractivity contribution in [3.05, 3.63) is 4.91 Å². The first-order chi connectivity index (χ1) is 6.32. The second-order valence-corrected chi connectivity index (χ2v) is 4.94. The minimum Gasteiger partial charge on any atom is -0.390 e. The van der Waals surface area contributed by atoms with Crippen LogP contribution in [0.3, 0.4) is 0 Å². The molecule has 0 saturated heterocycles. The molecule has 0 aliphatic heterocycles. The van der Waals surface area contributed by atoms with E-state index in [1.165, 1.54) is 0 Å². The Bertz CT molecular complexity index is 227. The zero-order chi connectivity index (χ0) is 11.0. The average molecular weight is 201 g/mol. The summed E-state index contributed by atoms with van der Waals surface area (Å²) in [4.78, 5) is 10.6. The lowest BCUT2D eigenvalue weighted by Crippen LogP contribution is -2.52. The first-order valence-electron chi connectivity index (χ1n) is 5.09. The fourth-order valence-electron chi connectivity index (χ4n) is 1.97. The van der Waals surface area contributed by atoms with Gasteiger partial charge in [-0.1, -0.05) is 19.0 Å². The second kappa shape index (κ2) is 3.59. The molecule has 0 heterocycles. The summed E-state index contributed by atoms with van der Waals surface area (Å²) < 4.78 is 0. The highest BCUT2D eigenvalue weighted by molar-refractivity contribution is 5.01. The topological polar surface area (TPSA) is 69.9 Å². The summed E-state index contributed by atoms with van der Waals surface area (Å²) in [7, 11) is 0. The number of aliphatic hydroxyl groups is 2. The Morgan fingerprint density at radius 1 is 1.36 bits per heavy atom. The Balaban J connectivity index is 2.80. The minimum atomic E-state index is -1.05. The van der Waals surface area contributed by atoms with Crippen molar-refractivity contribution in [2.45, 2.75) is 57.3 Å². The first kappa shape index (κ1) is 11.6. The molecule has 4 heteroatoms. The molecule has 0 radical (unpaired) electrons. The van der Waals surface area contributed by atoms with Gasteiger partial charge in [0.25, 0.3) is 0 Å². The van der Waals surface area contributed by atoms with Crippen LogP contribution in [0.15, 0.2) is 5.18 Å². The molecule has 1 fully saturated rings. The van der Waals surface area contributed by atoms with Gasteiger partial charge in [0.05, 0.1) is 11.2 Å². The monoisotopic (exact) mass is 201 g/mol. The summed E-state index contributed by atoms with van der Waals surface area (Å²) in [6, 6.07) is -0.691. The van der Waals surface area contributed by atoms with Gasteiger partial charge in [-0.05, 0) is 25.7 Å².